The highest BCUT2D eigenvalue weighted by molar-refractivity contribution is 6.09. The number of benzene rings is 2. The molecular formula is C27H24N4O4. The van der Waals surface area contributed by atoms with Crippen LogP contribution in [0.1, 0.15) is 47.9 Å². The largest absolute Gasteiger partial charge is 0.457 e. The topological polar surface area (TPSA) is 107 Å². The molecular weight excluding hydrogens is 444 g/mol. The number of Topliss-reactive ketones (excluding diaryl/α,β-unsaturated/α-hetero) is 1. The molecule has 0 unspecified atom stereocenters. The number of aromatic nitrogens is 3. The fourth-order valence-electron chi connectivity index (χ4n) is 4.41. The Morgan fingerprint density at radius 2 is 1.83 bits per heavy atom. The van der Waals surface area contributed by atoms with E-state index in [1.165, 1.54) is 0 Å². The van der Waals surface area contributed by atoms with Gasteiger partial charge in [0.2, 0.25) is 5.78 Å². The Morgan fingerprint density at radius 3 is 2.60 bits per heavy atom. The van der Waals surface area contributed by atoms with E-state index in [9.17, 15) is 14.4 Å². The van der Waals surface area contributed by atoms with Gasteiger partial charge in [0.1, 0.15) is 5.82 Å². The summed E-state index contributed by atoms with van der Waals surface area (Å²) < 4.78 is 8.86. The van der Waals surface area contributed by atoms with E-state index >= 15 is 0 Å². The van der Waals surface area contributed by atoms with E-state index in [0.717, 1.165) is 23.7 Å². The number of carbonyl (C=O) groups is 2. The molecule has 1 aliphatic carbocycles. The minimum absolute atomic E-state index is 0.0225. The molecule has 0 radical (unpaired) electrons. The van der Waals surface area contributed by atoms with Crippen molar-refractivity contribution in [2.24, 2.45) is 0 Å². The van der Waals surface area contributed by atoms with Crippen LogP contribution in [0.2, 0.25) is 0 Å². The van der Waals surface area contributed by atoms with E-state index in [4.69, 9.17) is 10.00 Å². The number of ketones is 1. The maximum Gasteiger partial charge on any atom is 0.306 e. The third-order valence-corrected chi connectivity index (χ3v) is 6.26. The number of aryl methyl sites for hydroxylation is 2. The van der Waals surface area contributed by atoms with Crippen LogP contribution in [-0.4, -0.2) is 32.5 Å². The molecule has 0 aliphatic heterocycles. The third kappa shape index (κ3) is 4.58. The quantitative estimate of drug-likeness (QED) is 0.272. The first-order chi connectivity index (χ1) is 17.1. The van der Waals surface area contributed by atoms with E-state index in [-0.39, 0.29) is 36.8 Å². The number of rotatable bonds is 9. The SMILES string of the molecule is N#CCCn1cc(C(=O)COC(=O)CCc2nc3ccccc3c(=O)n2C2CC2)c2ccccc21. The molecule has 2 aromatic heterocycles. The van der Waals surface area contributed by atoms with Crippen LogP contribution in [0.4, 0.5) is 0 Å². The molecule has 5 rings (SSSR count). The van der Waals surface area contributed by atoms with Crippen molar-refractivity contribution in [3.05, 3.63) is 76.5 Å². The monoisotopic (exact) mass is 468 g/mol. The average Bonchev–Trinajstić information content (AvgIpc) is 3.65. The predicted octanol–water partition coefficient (Wildman–Crippen LogP) is 3.96. The molecule has 0 N–H and O–H groups in total. The summed E-state index contributed by atoms with van der Waals surface area (Å²) in [4.78, 5) is 42.9. The van der Waals surface area contributed by atoms with Gasteiger partial charge in [-0.2, -0.15) is 5.26 Å². The van der Waals surface area contributed by atoms with Gasteiger partial charge in [0.25, 0.3) is 5.56 Å². The number of ether oxygens (including phenoxy) is 1. The van der Waals surface area contributed by atoms with Crippen LogP contribution in [0, 0.1) is 11.3 Å². The molecule has 1 aliphatic rings. The number of hydrogen-bond donors (Lipinski definition) is 0. The summed E-state index contributed by atoms with van der Waals surface area (Å²) in [6, 6.07) is 16.9. The highest BCUT2D eigenvalue weighted by atomic mass is 16.5. The second-order valence-corrected chi connectivity index (χ2v) is 8.70. The van der Waals surface area contributed by atoms with Crippen LogP contribution in [0.3, 0.4) is 0 Å². The van der Waals surface area contributed by atoms with Crippen molar-refractivity contribution in [1.29, 1.82) is 5.26 Å². The highest BCUT2D eigenvalue weighted by Gasteiger charge is 2.28. The second-order valence-electron chi connectivity index (χ2n) is 8.70. The van der Waals surface area contributed by atoms with E-state index in [2.05, 4.69) is 11.1 Å². The van der Waals surface area contributed by atoms with Crippen molar-refractivity contribution in [2.45, 2.75) is 44.7 Å². The zero-order valence-electron chi connectivity index (χ0n) is 19.1. The van der Waals surface area contributed by atoms with E-state index in [1.807, 2.05) is 41.0 Å². The molecule has 0 bridgehead atoms. The standard InChI is InChI=1S/C27H24N4O4/c28-14-5-15-30-16-21(19-6-2-4-9-23(19)30)24(32)17-35-26(33)13-12-25-29-22-8-3-1-7-20(22)27(34)31(25)18-10-11-18/h1-4,6-9,16,18H,5,10-13,15,17H2. The van der Waals surface area contributed by atoms with Crippen molar-refractivity contribution in [3.8, 4) is 6.07 Å². The Morgan fingerprint density at radius 1 is 1.09 bits per heavy atom. The number of carbonyl (C=O) groups excluding carboxylic acids is 2. The summed E-state index contributed by atoms with van der Waals surface area (Å²) in [7, 11) is 0. The molecule has 0 amide bonds. The lowest BCUT2D eigenvalue weighted by Crippen LogP contribution is -2.25. The molecule has 176 valence electrons. The molecule has 8 heteroatoms. The zero-order chi connectivity index (χ0) is 24.4. The van der Waals surface area contributed by atoms with Gasteiger partial charge in [0, 0.05) is 41.7 Å². The minimum Gasteiger partial charge on any atom is -0.457 e. The minimum atomic E-state index is -0.517. The van der Waals surface area contributed by atoms with Crippen LogP contribution in [-0.2, 0) is 22.5 Å². The van der Waals surface area contributed by atoms with Crippen molar-refractivity contribution < 1.29 is 14.3 Å². The Hall–Kier alpha value is -4.25. The first kappa shape index (κ1) is 22.5. The summed E-state index contributed by atoms with van der Waals surface area (Å²) in [5.41, 5.74) is 1.85. The fourth-order valence-corrected chi connectivity index (χ4v) is 4.41. The second kappa shape index (κ2) is 9.55. The normalized spacial score (nSPS) is 13.1. The smallest absolute Gasteiger partial charge is 0.306 e. The van der Waals surface area contributed by atoms with Gasteiger partial charge in [-0.05, 0) is 31.0 Å². The fraction of sp³-hybridized carbons (Fsp3) is 0.296. The first-order valence-electron chi connectivity index (χ1n) is 11.7. The Labute approximate surface area is 201 Å². The van der Waals surface area contributed by atoms with Crippen LogP contribution < -0.4 is 5.56 Å². The lowest BCUT2D eigenvalue weighted by Gasteiger charge is -2.12. The van der Waals surface area contributed by atoms with Crippen LogP contribution in [0.25, 0.3) is 21.8 Å². The first-order valence-corrected chi connectivity index (χ1v) is 11.7. The average molecular weight is 469 g/mol. The third-order valence-electron chi connectivity index (χ3n) is 6.26. The van der Waals surface area contributed by atoms with Crippen molar-refractivity contribution in [2.75, 3.05) is 6.61 Å². The Bertz CT molecular complexity index is 1540. The highest BCUT2D eigenvalue weighted by Crippen LogP contribution is 2.35. The maximum atomic E-state index is 13.0. The van der Waals surface area contributed by atoms with Gasteiger partial charge in [0.15, 0.2) is 6.61 Å². The molecule has 0 spiro atoms. The van der Waals surface area contributed by atoms with Gasteiger partial charge in [-0.15, -0.1) is 0 Å². The van der Waals surface area contributed by atoms with Gasteiger partial charge in [0.05, 0.1) is 29.8 Å². The molecule has 4 aromatic rings. The Kier molecular flexibility index (Phi) is 6.15. The molecule has 8 nitrogen and oxygen atoms in total. The number of para-hydroxylation sites is 2. The Balaban J connectivity index is 1.27. The summed E-state index contributed by atoms with van der Waals surface area (Å²) >= 11 is 0. The number of fused-ring (bicyclic) bond motifs is 2. The number of nitrogens with zero attached hydrogens (tertiary/aromatic N) is 4. The molecule has 0 atom stereocenters. The number of nitriles is 1. The summed E-state index contributed by atoms with van der Waals surface area (Å²) in [6.07, 6.45) is 4.18. The van der Waals surface area contributed by atoms with Crippen LogP contribution in [0.15, 0.2) is 59.5 Å². The van der Waals surface area contributed by atoms with Crippen molar-refractivity contribution >= 4 is 33.6 Å². The van der Waals surface area contributed by atoms with Crippen molar-refractivity contribution in [1.82, 2.24) is 14.1 Å². The molecule has 0 saturated heterocycles. The molecule has 1 fully saturated rings. The lowest BCUT2D eigenvalue weighted by molar-refractivity contribution is -0.142. The molecule has 2 aromatic carbocycles. The summed E-state index contributed by atoms with van der Waals surface area (Å²) in [5.74, 6) is -0.250. The predicted molar refractivity (Wildman–Crippen MR) is 130 cm³/mol. The molecule has 35 heavy (non-hydrogen) atoms. The van der Waals surface area contributed by atoms with E-state index < -0.39 is 5.97 Å². The van der Waals surface area contributed by atoms with Gasteiger partial charge in [-0.3, -0.25) is 19.0 Å². The number of esters is 1. The van der Waals surface area contributed by atoms with E-state index in [1.54, 1.807) is 22.9 Å². The maximum absolute atomic E-state index is 13.0. The zero-order valence-corrected chi connectivity index (χ0v) is 19.1. The summed E-state index contributed by atoms with van der Waals surface area (Å²) in [5, 5.41) is 10.2. The van der Waals surface area contributed by atoms with Crippen molar-refractivity contribution in [3.63, 3.8) is 0 Å². The van der Waals surface area contributed by atoms with Gasteiger partial charge in [-0.1, -0.05) is 30.3 Å². The summed E-state index contributed by atoms with van der Waals surface area (Å²) in [6.45, 7) is 0.108. The van der Waals surface area contributed by atoms with Gasteiger partial charge in [-0.25, -0.2) is 4.98 Å². The lowest BCUT2D eigenvalue weighted by atomic mass is 10.1. The molecule has 1 saturated carbocycles. The van der Waals surface area contributed by atoms with E-state index in [0.29, 0.717) is 35.3 Å². The van der Waals surface area contributed by atoms with Crippen LogP contribution in [0.5, 0.6) is 0 Å². The van der Waals surface area contributed by atoms with Gasteiger partial charge < -0.3 is 9.30 Å². The molecule has 2 heterocycles. The van der Waals surface area contributed by atoms with Gasteiger partial charge >= 0.3 is 5.97 Å². The van der Waals surface area contributed by atoms with Crippen LogP contribution >= 0.6 is 0 Å². The number of hydrogen-bond acceptors (Lipinski definition) is 6.